The van der Waals surface area contributed by atoms with Gasteiger partial charge in [-0.2, -0.15) is 22.8 Å². The zero-order valence-electron chi connectivity index (χ0n) is 76.6. The van der Waals surface area contributed by atoms with Gasteiger partial charge in [0.2, 0.25) is 56.9 Å². The van der Waals surface area contributed by atoms with E-state index in [2.05, 4.69) is 478 Å². The van der Waals surface area contributed by atoms with Crippen molar-refractivity contribution in [1.29, 1.82) is 0 Å². The molecule has 0 aliphatic heterocycles. The van der Waals surface area contributed by atoms with E-state index in [4.69, 9.17) is 0 Å². The molecule has 0 N–H and O–H groups in total. The Balaban J connectivity index is 0.000000146. The number of pyridine rings is 5. The zero-order valence-corrected chi connectivity index (χ0v) is 76.6. The average molecular weight is 1570 g/mol. The smallest absolute Gasteiger partial charge is 0.194 e. The molecule has 0 spiro atoms. The highest BCUT2D eigenvalue weighted by atomic mass is 15.0. The van der Waals surface area contributed by atoms with Crippen LogP contribution >= 0.6 is 0 Å². The lowest BCUT2D eigenvalue weighted by molar-refractivity contribution is -0.650. The zero-order chi connectivity index (χ0) is 86.1. The van der Waals surface area contributed by atoms with Gasteiger partial charge in [-0.25, -0.2) is 0 Å². The van der Waals surface area contributed by atoms with Crippen LogP contribution in [0.3, 0.4) is 0 Å². The number of aromatic nitrogens is 5. The van der Waals surface area contributed by atoms with Crippen LogP contribution in [-0.4, -0.2) is 0 Å². The number of rotatable bonds is 11. The molecule has 15 rings (SSSR count). The molecular formula is C114H128N5+5. The van der Waals surface area contributed by atoms with Crippen LogP contribution in [0, 0.1) is 145 Å². The Morgan fingerprint density at radius 2 is 0.387 bits per heavy atom. The first-order valence-corrected chi connectivity index (χ1v) is 42.4. The fourth-order valence-electron chi connectivity index (χ4n) is 17.9. The third-order valence-corrected chi connectivity index (χ3v) is 24.5. The Hall–Kier alpha value is -12.1. The monoisotopic (exact) mass is 1570 g/mol. The molecule has 10 aromatic carbocycles. The van der Waals surface area contributed by atoms with E-state index in [1.165, 1.54) is 235 Å². The number of hydrogen-bond donors (Lipinski definition) is 0. The summed E-state index contributed by atoms with van der Waals surface area (Å²) in [6, 6.07) is 94.5. The summed E-state index contributed by atoms with van der Waals surface area (Å²) in [5.41, 5.74) is 55.1. The first-order valence-electron chi connectivity index (χ1n) is 42.4. The van der Waals surface area contributed by atoms with Crippen molar-refractivity contribution in [2.24, 2.45) is 35.2 Å². The van der Waals surface area contributed by atoms with Crippen LogP contribution in [0.15, 0.2) is 261 Å². The minimum atomic E-state index is 0.560. The van der Waals surface area contributed by atoms with E-state index in [-0.39, 0.29) is 0 Å². The normalized spacial score (nSPS) is 10.9. The van der Waals surface area contributed by atoms with Gasteiger partial charge in [-0.1, -0.05) is 165 Å². The number of benzene rings is 10. The third kappa shape index (κ3) is 19.2. The molecule has 0 aliphatic rings. The minimum absolute atomic E-state index is 0.560. The van der Waals surface area contributed by atoms with Crippen LogP contribution in [-0.2, 0) is 35.2 Å². The molecule has 5 nitrogen and oxygen atoms in total. The van der Waals surface area contributed by atoms with Crippen LogP contribution in [0.1, 0.15) is 142 Å². The summed E-state index contributed by atoms with van der Waals surface area (Å²) in [4.78, 5) is 0. The van der Waals surface area contributed by atoms with Crippen molar-refractivity contribution in [3.05, 3.63) is 383 Å². The van der Waals surface area contributed by atoms with Crippen LogP contribution < -0.4 is 22.8 Å². The van der Waals surface area contributed by atoms with Gasteiger partial charge in [-0.05, 0) is 326 Å². The number of hydrogen-bond acceptors (Lipinski definition) is 0. The van der Waals surface area contributed by atoms with E-state index in [0.717, 1.165) is 0 Å². The van der Waals surface area contributed by atoms with Crippen molar-refractivity contribution in [1.82, 2.24) is 0 Å². The maximum absolute atomic E-state index is 2.38. The number of nitrogens with zero attached hydrogens (tertiary/aromatic N) is 5. The topological polar surface area (TPSA) is 19.4 Å². The van der Waals surface area contributed by atoms with Crippen molar-refractivity contribution in [2.75, 3.05) is 0 Å². The van der Waals surface area contributed by atoms with Gasteiger partial charge in [0.05, 0.1) is 0 Å². The summed E-state index contributed by atoms with van der Waals surface area (Å²) >= 11 is 0. The summed E-state index contributed by atoms with van der Waals surface area (Å²) < 4.78 is 11.7. The standard InChI is InChI=1S/C24H28N.2C23H26N.2C22H24N/c1-15-10-8-9-11-21(15)23-19(5)13-20(6)24(25(23)7)22-14-17(3)16(2)12-18(22)4;1-15-11-12-21(17(3)13-15)23-19(5)14-18(4)22(24(23)6)20-10-8-7-9-16(20)2;1-16(2)19-13-14-21(18(4)15-19)23-12-8-11-22(24(23)5)20-10-7-6-9-17(20)3;1-15-10-6-8-12-19(15)21-17(3)14-18(4)22(23(21)5)20-13-9-7-11-16(20)2;1-15-9-6-7-10-19(15)21-11-8-12-22(23(21)5)20-14-17(3)16(2)13-18(20)4/h8-14H,1-7H3;7-14H,1-6H3;6-16H,1-5H3;2*6-14H,1-5H3/q5*+1. The van der Waals surface area contributed by atoms with Gasteiger partial charge < -0.3 is 0 Å². The quantitative estimate of drug-likeness (QED) is 0.115. The molecule has 15 aromatic rings. The van der Waals surface area contributed by atoms with Crippen molar-refractivity contribution >= 4 is 0 Å². The Morgan fingerprint density at radius 3 is 0.689 bits per heavy atom. The molecule has 0 saturated carbocycles. The molecule has 0 bridgehead atoms. The van der Waals surface area contributed by atoms with Crippen LogP contribution in [0.5, 0.6) is 0 Å². The van der Waals surface area contributed by atoms with Crippen molar-refractivity contribution in [2.45, 2.75) is 165 Å². The minimum Gasteiger partial charge on any atom is -0.194 e. The SMILES string of the molecule is Cc1cc(C)c(-c2c(C)cc(C)c(-c3ccccc3C)[n+]2C)cc1C.Cc1cc(C)c(-c2cccc(-c3ccccc3C)[n+]2C)cc1C.Cc1ccc(-c2c(C)cc(C)c(-c3ccccc3C)[n+]2C)c(C)c1.Cc1ccccc1-c1c(C)cc(C)c(-c2ccccc2C)[n+]1C.Cc1ccccc1-c1cccc(-c2ccc(C(C)C)cc2C)[n+]1C. The first-order chi connectivity index (χ1) is 56.7. The molecule has 0 atom stereocenters. The van der Waals surface area contributed by atoms with Crippen LogP contribution in [0.2, 0.25) is 0 Å². The van der Waals surface area contributed by atoms with Crippen LogP contribution in [0.4, 0.5) is 0 Å². The van der Waals surface area contributed by atoms with Crippen LogP contribution in [0.25, 0.3) is 113 Å². The summed E-state index contributed by atoms with van der Waals surface area (Å²) in [6.45, 7) is 50.6. The maximum atomic E-state index is 2.38. The second kappa shape index (κ2) is 38.1. The van der Waals surface area contributed by atoms with Gasteiger partial charge in [0.1, 0.15) is 35.2 Å². The predicted molar refractivity (Wildman–Crippen MR) is 506 cm³/mol. The molecule has 604 valence electrons. The van der Waals surface area contributed by atoms with Gasteiger partial charge in [-0.15, -0.1) is 0 Å². The Labute approximate surface area is 714 Å². The molecule has 119 heavy (non-hydrogen) atoms. The highest BCUT2D eigenvalue weighted by Gasteiger charge is 2.29. The molecule has 5 heteroatoms. The maximum Gasteiger partial charge on any atom is 0.215 e. The van der Waals surface area contributed by atoms with Crippen molar-refractivity contribution < 1.29 is 22.8 Å². The van der Waals surface area contributed by atoms with Crippen molar-refractivity contribution in [3.63, 3.8) is 0 Å². The van der Waals surface area contributed by atoms with E-state index in [0.29, 0.717) is 5.92 Å². The molecule has 0 aliphatic carbocycles. The Bertz CT molecular complexity index is 6200. The van der Waals surface area contributed by atoms with E-state index in [9.17, 15) is 0 Å². The molecule has 0 amide bonds. The molecule has 5 heterocycles. The largest absolute Gasteiger partial charge is 0.215 e. The van der Waals surface area contributed by atoms with Gasteiger partial charge in [0.15, 0.2) is 0 Å². The molecule has 0 unspecified atom stereocenters. The Kier molecular flexibility index (Phi) is 28.1. The second-order valence-corrected chi connectivity index (χ2v) is 34.0. The molecule has 0 saturated heterocycles. The van der Waals surface area contributed by atoms with Gasteiger partial charge in [0, 0.05) is 113 Å². The molecule has 0 radical (unpaired) electrons. The summed E-state index contributed by atoms with van der Waals surface area (Å²) in [6.07, 6.45) is 0. The predicted octanol–water partition coefficient (Wildman–Crippen LogP) is 26.8. The third-order valence-electron chi connectivity index (χ3n) is 24.5. The lowest BCUT2D eigenvalue weighted by Gasteiger charge is -2.15. The van der Waals surface area contributed by atoms with Gasteiger partial charge in [0.25, 0.3) is 0 Å². The van der Waals surface area contributed by atoms with E-state index in [1.807, 2.05) is 0 Å². The van der Waals surface area contributed by atoms with Gasteiger partial charge >= 0.3 is 0 Å². The number of aryl methyl sites for hydroxylation is 21. The lowest BCUT2D eigenvalue weighted by atomic mass is 9.93. The molecular weight excluding hydrogens is 1440 g/mol. The first kappa shape index (κ1) is 87.8. The molecule has 0 fully saturated rings. The Morgan fingerprint density at radius 1 is 0.160 bits per heavy atom. The molecule has 5 aromatic heterocycles. The fraction of sp³-hybridized carbons (Fsp3) is 0.254. The van der Waals surface area contributed by atoms with E-state index < -0.39 is 0 Å². The summed E-state index contributed by atoms with van der Waals surface area (Å²) in [5.74, 6) is 0.560. The van der Waals surface area contributed by atoms with E-state index in [1.54, 1.807) is 0 Å². The lowest BCUT2D eigenvalue weighted by Crippen LogP contribution is -2.36. The second-order valence-electron chi connectivity index (χ2n) is 34.0. The highest BCUT2D eigenvalue weighted by molar-refractivity contribution is 5.75. The average Bonchev–Trinajstić information content (AvgIpc) is 0.776. The van der Waals surface area contributed by atoms with E-state index >= 15 is 0 Å². The van der Waals surface area contributed by atoms with Gasteiger partial charge in [-0.3, -0.25) is 0 Å². The summed E-state index contributed by atoms with van der Waals surface area (Å²) in [7, 11) is 10.9. The fourth-order valence-corrected chi connectivity index (χ4v) is 17.9. The summed E-state index contributed by atoms with van der Waals surface area (Å²) in [5, 5.41) is 0. The highest BCUT2D eigenvalue weighted by Crippen LogP contribution is 2.37. The van der Waals surface area contributed by atoms with Crippen molar-refractivity contribution in [3.8, 4) is 113 Å².